The molecule has 0 amide bonds. The highest BCUT2D eigenvalue weighted by atomic mass is 32.2. The lowest BCUT2D eigenvalue weighted by atomic mass is 10.1. The number of benzene rings is 2. The molecule has 1 N–H and O–H groups in total. The molecule has 7 nitrogen and oxygen atoms in total. The van der Waals surface area contributed by atoms with Gasteiger partial charge in [-0.15, -0.1) is 0 Å². The van der Waals surface area contributed by atoms with Crippen LogP contribution in [-0.2, 0) is 10.0 Å². The lowest BCUT2D eigenvalue weighted by molar-refractivity contribution is 0.262. The van der Waals surface area contributed by atoms with Gasteiger partial charge in [0, 0.05) is 11.6 Å². The van der Waals surface area contributed by atoms with Crippen LogP contribution in [0.15, 0.2) is 41.8 Å². The molecule has 2 aromatic carbocycles. The molecule has 0 fully saturated rings. The lowest BCUT2D eigenvalue weighted by Crippen LogP contribution is -2.37. The first-order chi connectivity index (χ1) is 12.8. The van der Waals surface area contributed by atoms with E-state index in [1.54, 1.807) is 18.2 Å². The molecule has 8 heteroatoms. The Morgan fingerprint density at radius 3 is 2.22 bits per heavy atom. The van der Waals surface area contributed by atoms with E-state index in [2.05, 4.69) is 11.3 Å². The third-order valence-electron chi connectivity index (χ3n) is 4.27. The first-order valence-electron chi connectivity index (χ1n) is 8.10. The van der Waals surface area contributed by atoms with Crippen molar-refractivity contribution in [2.45, 2.75) is 18.0 Å². The highest BCUT2D eigenvalue weighted by Gasteiger charge is 2.36. The Morgan fingerprint density at radius 2 is 1.67 bits per heavy atom. The van der Waals surface area contributed by atoms with Gasteiger partial charge in [0.15, 0.2) is 17.7 Å². The van der Waals surface area contributed by atoms with Crippen LogP contribution in [0.5, 0.6) is 23.0 Å². The van der Waals surface area contributed by atoms with Crippen LogP contribution >= 0.6 is 0 Å². The van der Waals surface area contributed by atoms with Crippen molar-refractivity contribution < 1.29 is 27.4 Å². The predicted octanol–water partition coefficient (Wildman–Crippen LogP) is 2.73. The molecule has 1 aliphatic heterocycles. The zero-order chi connectivity index (χ0) is 19.8. The van der Waals surface area contributed by atoms with Crippen molar-refractivity contribution in [3.05, 3.63) is 48.0 Å². The van der Waals surface area contributed by atoms with E-state index >= 15 is 0 Å². The van der Waals surface area contributed by atoms with Gasteiger partial charge in [-0.3, -0.25) is 0 Å². The second-order valence-electron chi connectivity index (χ2n) is 5.98. The largest absolute Gasteiger partial charge is 0.493 e. The third-order valence-corrected chi connectivity index (χ3v) is 5.69. The number of methoxy groups -OCH3 is 3. The van der Waals surface area contributed by atoms with Gasteiger partial charge in [-0.1, -0.05) is 24.3 Å². The minimum atomic E-state index is -3.80. The van der Waals surface area contributed by atoms with Crippen LogP contribution in [0.1, 0.15) is 11.1 Å². The van der Waals surface area contributed by atoms with E-state index in [4.69, 9.17) is 18.9 Å². The minimum absolute atomic E-state index is 0.141. The number of aryl methyl sites for hydroxylation is 1. The van der Waals surface area contributed by atoms with Crippen molar-refractivity contribution in [1.82, 2.24) is 4.72 Å². The van der Waals surface area contributed by atoms with Gasteiger partial charge in [0.1, 0.15) is 5.75 Å². The summed E-state index contributed by atoms with van der Waals surface area (Å²) in [7, 11) is 0.660. The maximum atomic E-state index is 12.7. The zero-order valence-corrected chi connectivity index (χ0v) is 16.3. The van der Waals surface area contributed by atoms with Crippen LogP contribution in [0.3, 0.4) is 0 Å². The quantitative estimate of drug-likeness (QED) is 0.815. The van der Waals surface area contributed by atoms with Crippen LogP contribution in [0.4, 0.5) is 0 Å². The van der Waals surface area contributed by atoms with Gasteiger partial charge in [0.05, 0.1) is 31.8 Å². The highest BCUT2D eigenvalue weighted by Crippen LogP contribution is 2.51. The summed E-state index contributed by atoms with van der Waals surface area (Å²) in [5, 5.41) is 0. The molecule has 27 heavy (non-hydrogen) atoms. The summed E-state index contributed by atoms with van der Waals surface area (Å²) in [6.45, 7) is 5.86. The van der Waals surface area contributed by atoms with Crippen molar-refractivity contribution in [1.29, 1.82) is 0 Å². The van der Waals surface area contributed by atoms with Crippen LogP contribution in [0.2, 0.25) is 0 Å². The molecule has 144 valence electrons. The van der Waals surface area contributed by atoms with Crippen LogP contribution in [0.25, 0.3) is 5.57 Å². The SMILES string of the molecule is C=C1c2c(cc(OC)c(OC)c2OC)OC1NS(=O)(=O)c1ccc(C)cc1. The van der Waals surface area contributed by atoms with E-state index in [1.807, 2.05) is 6.92 Å². The van der Waals surface area contributed by atoms with Gasteiger partial charge >= 0.3 is 0 Å². The van der Waals surface area contributed by atoms with E-state index in [1.165, 1.54) is 33.5 Å². The van der Waals surface area contributed by atoms with Gasteiger partial charge in [-0.2, -0.15) is 4.72 Å². The number of nitrogens with one attached hydrogen (secondary N) is 1. The van der Waals surface area contributed by atoms with Gasteiger partial charge in [-0.05, 0) is 19.1 Å². The van der Waals surface area contributed by atoms with Crippen molar-refractivity contribution in [3.63, 3.8) is 0 Å². The molecular formula is C19H21NO6S. The van der Waals surface area contributed by atoms with E-state index < -0.39 is 16.3 Å². The van der Waals surface area contributed by atoms with Gasteiger partial charge in [0.25, 0.3) is 0 Å². The predicted molar refractivity (Wildman–Crippen MR) is 101 cm³/mol. The highest BCUT2D eigenvalue weighted by molar-refractivity contribution is 7.89. The fourth-order valence-electron chi connectivity index (χ4n) is 2.88. The summed E-state index contributed by atoms with van der Waals surface area (Å²) in [6, 6.07) is 8.14. The molecule has 0 aliphatic carbocycles. The lowest BCUT2D eigenvalue weighted by Gasteiger charge is -2.15. The summed E-state index contributed by atoms with van der Waals surface area (Å²) >= 11 is 0. The van der Waals surface area contributed by atoms with Crippen LogP contribution in [0, 0.1) is 6.92 Å². The molecule has 0 radical (unpaired) electrons. The topological polar surface area (TPSA) is 83.1 Å². The standard InChI is InChI=1S/C19H21NO6S/c1-11-6-8-13(9-7-11)27(21,22)20-19-12(2)16-14(26-19)10-15(23-3)17(24-4)18(16)25-5/h6-10,19-20H,2H2,1,3-5H3. The third kappa shape index (κ3) is 3.33. The molecule has 0 aromatic heterocycles. The second-order valence-corrected chi connectivity index (χ2v) is 7.69. The first-order valence-corrected chi connectivity index (χ1v) is 9.58. The van der Waals surface area contributed by atoms with E-state index in [0.717, 1.165) is 5.56 Å². The normalized spacial score (nSPS) is 15.9. The number of sulfonamides is 1. The number of rotatable bonds is 6. The Labute approximate surface area is 158 Å². The average molecular weight is 391 g/mol. The summed E-state index contributed by atoms with van der Waals surface area (Å²) in [4.78, 5) is 0.141. The molecule has 2 aromatic rings. The molecule has 1 unspecified atom stereocenters. The summed E-state index contributed by atoms with van der Waals surface area (Å²) < 4.78 is 49.8. The summed E-state index contributed by atoms with van der Waals surface area (Å²) in [5.41, 5.74) is 1.91. The summed E-state index contributed by atoms with van der Waals surface area (Å²) in [5.74, 6) is 1.55. The van der Waals surface area contributed by atoms with Gasteiger partial charge < -0.3 is 18.9 Å². The summed E-state index contributed by atoms with van der Waals surface area (Å²) in [6.07, 6.45) is -0.975. The molecular weight excluding hydrogens is 370 g/mol. The van der Waals surface area contributed by atoms with Crippen molar-refractivity contribution in [3.8, 4) is 23.0 Å². The second kappa shape index (κ2) is 7.13. The fourth-order valence-corrected chi connectivity index (χ4v) is 3.98. The fraction of sp³-hybridized carbons (Fsp3) is 0.263. The monoisotopic (exact) mass is 391 g/mol. The van der Waals surface area contributed by atoms with Crippen molar-refractivity contribution in [2.75, 3.05) is 21.3 Å². The zero-order valence-electron chi connectivity index (χ0n) is 15.5. The molecule has 1 atom stereocenters. The van der Waals surface area contributed by atoms with E-state index in [0.29, 0.717) is 34.1 Å². The molecule has 3 rings (SSSR count). The molecule has 0 spiro atoms. The number of fused-ring (bicyclic) bond motifs is 1. The van der Waals surface area contributed by atoms with Gasteiger partial charge in [-0.25, -0.2) is 8.42 Å². The Kier molecular flexibility index (Phi) is 5.03. The Bertz CT molecular complexity index is 982. The Morgan fingerprint density at radius 1 is 1.04 bits per heavy atom. The number of hydrogen-bond donors (Lipinski definition) is 1. The molecule has 0 bridgehead atoms. The maximum absolute atomic E-state index is 12.7. The maximum Gasteiger partial charge on any atom is 0.243 e. The first kappa shape index (κ1) is 19.1. The molecule has 1 aliphatic rings. The molecule has 1 heterocycles. The number of hydrogen-bond acceptors (Lipinski definition) is 6. The Balaban J connectivity index is 1.96. The van der Waals surface area contributed by atoms with E-state index in [-0.39, 0.29) is 4.90 Å². The van der Waals surface area contributed by atoms with E-state index in [9.17, 15) is 8.42 Å². The van der Waals surface area contributed by atoms with Gasteiger partial charge in [0.2, 0.25) is 15.8 Å². The van der Waals surface area contributed by atoms with Crippen molar-refractivity contribution >= 4 is 15.6 Å². The molecule has 0 saturated carbocycles. The van der Waals surface area contributed by atoms with Crippen LogP contribution < -0.4 is 23.7 Å². The number of ether oxygens (including phenoxy) is 4. The van der Waals surface area contributed by atoms with Crippen molar-refractivity contribution in [2.24, 2.45) is 0 Å². The van der Waals surface area contributed by atoms with Crippen LogP contribution in [-0.4, -0.2) is 36.0 Å². The smallest absolute Gasteiger partial charge is 0.243 e. The minimum Gasteiger partial charge on any atom is -0.493 e. The Hall–Kier alpha value is -2.71. The molecule has 0 saturated heterocycles. The average Bonchev–Trinajstić information content (AvgIpc) is 2.95.